The predicted octanol–water partition coefficient (Wildman–Crippen LogP) is 2.68. The molecule has 17 heavy (non-hydrogen) atoms. The summed E-state index contributed by atoms with van der Waals surface area (Å²) in [5, 5.41) is 12.2. The molecule has 1 saturated heterocycles. The van der Waals surface area contributed by atoms with Crippen LogP contribution in [0, 0.1) is 17.1 Å². The number of ether oxygens (including phenoxy) is 1. The van der Waals surface area contributed by atoms with Gasteiger partial charge >= 0.3 is 0 Å². The van der Waals surface area contributed by atoms with E-state index in [4.69, 9.17) is 10.00 Å². The van der Waals surface area contributed by atoms with E-state index in [9.17, 15) is 4.39 Å². The van der Waals surface area contributed by atoms with Gasteiger partial charge in [-0.15, -0.1) is 0 Å². The zero-order chi connectivity index (χ0) is 12.3. The van der Waals surface area contributed by atoms with Gasteiger partial charge in [-0.05, 0) is 31.9 Å². The fraction of sp³-hybridized carbons (Fsp3) is 0.462. The molecule has 0 saturated carbocycles. The molecule has 3 nitrogen and oxygen atoms in total. The Bertz CT molecular complexity index is 442. The molecule has 90 valence electrons. The van der Waals surface area contributed by atoms with E-state index >= 15 is 0 Å². The van der Waals surface area contributed by atoms with Gasteiger partial charge in [-0.25, -0.2) is 4.39 Å². The first-order valence-electron chi connectivity index (χ1n) is 5.77. The summed E-state index contributed by atoms with van der Waals surface area (Å²) in [6.07, 6.45) is 1.97. The molecular weight excluding hydrogens is 219 g/mol. The minimum atomic E-state index is -0.474. The van der Waals surface area contributed by atoms with Crippen LogP contribution in [0.5, 0.6) is 0 Å². The minimum Gasteiger partial charge on any atom is -0.381 e. The van der Waals surface area contributed by atoms with Crippen molar-refractivity contribution in [2.45, 2.75) is 31.9 Å². The van der Waals surface area contributed by atoms with Gasteiger partial charge in [0.1, 0.15) is 17.4 Å². The molecule has 1 heterocycles. The zero-order valence-corrected chi connectivity index (χ0v) is 9.74. The van der Waals surface area contributed by atoms with E-state index in [2.05, 4.69) is 5.32 Å². The fourth-order valence-electron chi connectivity index (χ4n) is 2.11. The molecule has 1 aliphatic heterocycles. The first-order valence-corrected chi connectivity index (χ1v) is 5.77. The Balaban J connectivity index is 2.13. The first kappa shape index (κ1) is 11.9. The molecule has 1 aromatic rings. The van der Waals surface area contributed by atoms with Crippen molar-refractivity contribution >= 4 is 5.69 Å². The van der Waals surface area contributed by atoms with Crippen molar-refractivity contribution in [3.8, 4) is 6.07 Å². The Labute approximate surface area is 100 Å². The van der Waals surface area contributed by atoms with Crippen molar-refractivity contribution in [3.05, 3.63) is 29.6 Å². The number of nitrogens with one attached hydrogen (secondary N) is 1. The van der Waals surface area contributed by atoms with Crippen molar-refractivity contribution < 1.29 is 9.13 Å². The van der Waals surface area contributed by atoms with E-state index in [0.29, 0.717) is 12.3 Å². The van der Waals surface area contributed by atoms with Crippen molar-refractivity contribution in [2.24, 2.45) is 0 Å². The molecule has 0 aliphatic carbocycles. The molecule has 0 bridgehead atoms. The van der Waals surface area contributed by atoms with E-state index in [-0.39, 0.29) is 17.7 Å². The van der Waals surface area contributed by atoms with Crippen LogP contribution in [0.25, 0.3) is 0 Å². The lowest BCUT2D eigenvalue weighted by Gasteiger charge is -2.29. The standard InChI is InChI=1S/C13H15FN2O/c1-9-7-10(5-6-17-9)16-13-4-2-3-12(14)11(13)8-15/h2-4,9-10,16H,5-7H2,1H3. The maximum atomic E-state index is 13.4. The van der Waals surface area contributed by atoms with E-state index in [1.807, 2.05) is 13.0 Å². The maximum absolute atomic E-state index is 13.4. The third-order valence-electron chi connectivity index (χ3n) is 2.97. The molecule has 1 aromatic carbocycles. The Hall–Kier alpha value is -1.60. The van der Waals surface area contributed by atoms with Crippen LogP contribution in [0.2, 0.25) is 0 Å². The number of anilines is 1. The molecule has 1 N–H and O–H groups in total. The average molecular weight is 234 g/mol. The largest absolute Gasteiger partial charge is 0.381 e. The topological polar surface area (TPSA) is 45.0 Å². The van der Waals surface area contributed by atoms with Crippen LogP contribution >= 0.6 is 0 Å². The van der Waals surface area contributed by atoms with Crippen molar-refractivity contribution in [1.29, 1.82) is 5.26 Å². The number of hydrogen-bond acceptors (Lipinski definition) is 3. The van der Waals surface area contributed by atoms with Crippen LogP contribution in [0.4, 0.5) is 10.1 Å². The summed E-state index contributed by atoms with van der Waals surface area (Å²) in [7, 11) is 0. The van der Waals surface area contributed by atoms with Crippen LogP contribution in [-0.4, -0.2) is 18.8 Å². The van der Waals surface area contributed by atoms with Gasteiger partial charge in [-0.1, -0.05) is 6.07 Å². The number of rotatable bonds is 2. The van der Waals surface area contributed by atoms with Crippen LogP contribution in [0.15, 0.2) is 18.2 Å². The second kappa shape index (κ2) is 5.15. The SMILES string of the molecule is CC1CC(Nc2cccc(F)c2C#N)CCO1. The lowest BCUT2D eigenvalue weighted by atomic mass is 10.0. The van der Waals surface area contributed by atoms with E-state index in [0.717, 1.165) is 12.8 Å². The summed E-state index contributed by atoms with van der Waals surface area (Å²) in [5.74, 6) is -0.474. The minimum absolute atomic E-state index is 0.0895. The number of halogens is 1. The summed E-state index contributed by atoms with van der Waals surface area (Å²) in [6.45, 7) is 2.72. The van der Waals surface area contributed by atoms with Gasteiger partial charge in [-0.2, -0.15) is 5.26 Å². The molecule has 1 aliphatic rings. The highest BCUT2D eigenvalue weighted by Crippen LogP contribution is 2.22. The highest BCUT2D eigenvalue weighted by atomic mass is 19.1. The molecular formula is C13H15FN2O. The van der Waals surface area contributed by atoms with E-state index < -0.39 is 5.82 Å². The van der Waals surface area contributed by atoms with Crippen LogP contribution in [-0.2, 0) is 4.74 Å². The Morgan fingerprint density at radius 1 is 1.53 bits per heavy atom. The van der Waals surface area contributed by atoms with E-state index in [1.165, 1.54) is 6.07 Å². The zero-order valence-electron chi connectivity index (χ0n) is 9.74. The molecule has 2 unspecified atom stereocenters. The molecule has 0 radical (unpaired) electrons. The summed E-state index contributed by atoms with van der Waals surface area (Å²) in [4.78, 5) is 0. The molecule has 2 atom stereocenters. The second-order valence-corrected chi connectivity index (χ2v) is 4.32. The predicted molar refractivity (Wildman–Crippen MR) is 63.2 cm³/mol. The van der Waals surface area contributed by atoms with Gasteiger partial charge in [0, 0.05) is 12.6 Å². The maximum Gasteiger partial charge on any atom is 0.143 e. The van der Waals surface area contributed by atoms with Gasteiger partial charge in [0.15, 0.2) is 0 Å². The molecule has 4 heteroatoms. The molecule has 0 amide bonds. The average Bonchev–Trinajstić information content (AvgIpc) is 2.29. The molecule has 1 fully saturated rings. The van der Waals surface area contributed by atoms with Gasteiger partial charge < -0.3 is 10.1 Å². The monoisotopic (exact) mass is 234 g/mol. The number of nitrogens with zero attached hydrogens (tertiary/aromatic N) is 1. The Morgan fingerprint density at radius 3 is 3.06 bits per heavy atom. The van der Waals surface area contributed by atoms with Crippen molar-refractivity contribution in [2.75, 3.05) is 11.9 Å². The van der Waals surface area contributed by atoms with Crippen LogP contribution < -0.4 is 5.32 Å². The van der Waals surface area contributed by atoms with Gasteiger partial charge in [0.25, 0.3) is 0 Å². The Morgan fingerprint density at radius 2 is 2.35 bits per heavy atom. The normalized spacial score (nSPS) is 24.1. The molecule has 2 rings (SSSR count). The van der Waals surface area contributed by atoms with Crippen LogP contribution in [0.1, 0.15) is 25.3 Å². The molecule has 0 spiro atoms. The van der Waals surface area contributed by atoms with Crippen LogP contribution in [0.3, 0.4) is 0 Å². The lowest BCUT2D eigenvalue weighted by molar-refractivity contribution is 0.0232. The number of nitriles is 1. The fourth-order valence-corrected chi connectivity index (χ4v) is 2.11. The summed E-state index contributed by atoms with van der Waals surface area (Å²) in [6, 6.07) is 6.79. The smallest absolute Gasteiger partial charge is 0.143 e. The van der Waals surface area contributed by atoms with Gasteiger partial charge in [-0.3, -0.25) is 0 Å². The quantitative estimate of drug-likeness (QED) is 0.855. The molecule has 0 aromatic heterocycles. The van der Waals surface area contributed by atoms with Gasteiger partial charge in [0.05, 0.1) is 11.8 Å². The van der Waals surface area contributed by atoms with Gasteiger partial charge in [0.2, 0.25) is 0 Å². The summed E-state index contributed by atoms with van der Waals surface area (Å²) >= 11 is 0. The highest BCUT2D eigenvalue weighted by molar-refractivity contribution is 5.58. The summed E-state index contributed by atoms with van der Waals surface area (Å²) in [5.41, 5.74) is 0.665. The first-order chi connectivity index (χ1) is 8.20. The second-order valence-electron chi connectivity index (χ2n) is 4.32. The summed E-state index contributed by atoms with van der Waals surface area (Å²) < 4.78 is 18.8. The van der Waals surface area contributed by atoms with E-state index in [1.54, 1.807) is 12.1 Å². The highest BCUT2D eigenvalue weighted by Gasteiger charge is 2.20. The van der Waals surface area contributed by atoms with Crippen molar-refractivity contribution in [1.82, 2.24) is 0 Å². The third-order valence-corrected chi connectivity index (χ3v) is 2.97. The lowest BCUT2D eigenvalue weighted by Crippen LogP contribution is -2.32. The number of benzene rings is 1. The van der Waals surface area contributed by atoms with Crippen molar-refractivity contribution in [3.63, 3.8) is 0 Å². The third kappa shape index (κ3) is 2.75. The number of hydrogen-bond donors (Lipinski definition) is 1. The Kier molecular flexibility index (Phi) is 3.60.